The summed E-state index contributed by atoms with van der Waals surface area (Å²) in [7, 11) is 1.71. The van der Waals surface area contributed by atoms with E-state index in [4.69, 9.17) is 11.6 Å². The van der Waals surface area contributed by atoms with Gasteiger partial charge in [-0.25, -0.2) is 0 Å². The first-order valence-corrected chi connectivity index (χ1v) is 6.62. The van der Waals surface area contributed by atoms with Gasteiger partial charge in [0.25, 0.3) is 5.91 Å². The molecule has 0 aromatic heterocycles. The second-order valence-corrected chi connectivity index (χ2v) is 5.48. The van der Waals surface area contributed by atoms with Crippen LogP contribution in [0.4, 0.5) is 0 Å². The van der Waals surface area contributed by atoms with Crippen LogP contribution in [0.5, 0.6) is 0 Å². The quantitative estimate of drug-likeness (QED) is 0.915. The number of rotatable bonds is 3. The molecule has 0 saturated heterocycles. The van der Waals surface area contributed by atoms with Crippen molar-refractivity contribution in [3.8, 4) is 0 Å². The minimum Gasteiger partial charge on any atom is -0.388 e. The summed E-state index contributed by atoms with van der Waals surface area (Å²) in [5, 5.41) is 10.8. The maximum absolute atomic E-state index is 12.2. The summed E-state index contributed by atoms with van der Waals surface area (Å²) in [4.78, 5) is 13.8. The number of carbonyl (C=O) groups excluding carboxylic acids is 1. The molecule has 0 atom stereocenters. The van der Waals surface area contributed by atoms with Crippen LogP contribution in [0.1, 0.15) is 36.0 Å². The second-order valence-electron chi connectivity index (χ2n) is 5.07. The molecule has 98 valence electrons. The van der Waals surface area contributed by atoms with Gasteiger partial charge in [0.15, 0.2) is 0 Å². The number of carbonyl (C=O) groups is 1. The fraction of sp³-hybridized carbons (Fsp3) is 0.500. The van der Waals surface area contributed by atoms with E-state index in [0.717, 1.165) is 25.7 Å². The van der Waals surface area contributed by atoms with Gasteiger partial charge in [-0.3, -0.25) is 4.79 Å². The van der Waals surface area contributed by atoms with E-state index in [1.54, 1.807) is 36.2 Å². The van der Waals surface area contributed by atoms with Gasteiger partial charge < -0.3 is 10.0 Å². The van der Waals surface area contributed by atoms with E-state index in [9.17, 15) is 9.90 Å². The zero-order valence-corrected chi connectivity index (χ0v) is 11.3. The lowest BCUT2D eigenvalue weighted by atomic mass is 10.0. The SMILES string of the molecule is CN(CC1(O)CCCC1)C(=O)c1ccccc1Cl. The molecule has 0 bridgehead atoms. The molecule has 0 unspecified atom stereocenters. The number of hydrogen-bond donors (Lipinski definition) is 1. The molecule has 4 heteroatoms. The van der Waals surface area contributed by atoms with Gasteiger partial charge in [-0.05, 0) is 25.0 Å². The summed E-state index contributed by atoms with van der Waals surface area (Å²) in [6.45, 7) is 0.372. The van der Waals surface area contributed by atoms with Crippen LogP contribution in [-0.4, -0.2) is 35.1 Å². The van der Waals surface area contributed by atoms with Crippen molar-refractivity contribution in [1.82, 2.24) is 4.90 Å². The molecular formula is C14H18ClNO2. The molecule has 1 N–H and O–H groups in total. The Morgan fingerprint density at radius 1 is 1.39 bits per heavy atom. The van der Waals surface area contributed by atoms with Crippen LogP contribution in [0.2, 0.25) is 5.02 Å². The van der Waals surface area contributed by atoms with Crippen molar-refractivity contribution < 1.29 is 9.90 Å². The number of benzene rings is 1. The molecule has 1 aromatic carbocycles. The van der Waals surface area contributed by atoms with E-state index in [-0.39, 0.29) is 5.91 Å². The normalized spacial score (nSPS) is 17.7. The average Bonchev–Trinajstić information content (AvgIpc) is 2.75. The summed E-state index contributed by atoms with van der Waals surface area (Å²) >= 11 is 6.00. The lowest BCUT2D eigenvalue weighted by Gasteiger charge is -2.28. The summed E-state index contributed by atoms with van der Waals surface area (Å²) in [5.41, 5.74) is -0.227. The smallest absolute Gasteiger partial charge is 0.255 e. The van der Waals surface area contributed by atoms with Crippen LogP contribution in [-0.2, 0) is 0 Å². The molecule has 2 rings (SSSR count). The van der Waals surface area contributed by atoms with Gasteiger partial charge >= 0.3 is 0 Å². The maximum Gasteiger partial charge on any atom is 0.255 e. The van der Waals surface area contributed by atoms with Crippen molar-refractivity contribution in [1.29, 1.82) is 0 Å². The number of aliphatic hydroxyl groups is 1. The fourth-order valence-corrected chi connectivity index (χ4v) is 2.76. The summed E-state index contributed by atoms with van der Waals surface area (Å²) in [6, 6.07) is 6.99. The molecule has 18 heavy (non-hydrogen) atoms. The average molecular weight is 268 g/mol. The van der Waals surface area contributed by atoms with Crippen molar-refractivity contribution in [3.63, 3.8) is 0 Å². The number of halogens is 1. The Morgan fingerprint density at radius 2 is 2.00 bits per heavy atom. The Balaban J connectivity index is 2.07. The van der Waals surface area contributed by atoms with Crippen molar-refractivity contribution in [2.24, 2.45) is 0 Å². The van der Waals surface area contributed by atoms with Gasteiger partial charge in [0.05, 0.1) is 16.2 Å². The minimum atomic E-state index is -0.717. The molecule has 0 radical (unpaired) electrons. The van der Waals surface area contributed by atoms with Crippen LogP contribution in [0, 0.1) is 0 Å². The molecule has 1 saturated carbocycles. The van der Waals surface area contributed by atoms with Crippen molar-refractivity contribution in [3.05, 3.63) is 34.9 Å². The van der Waals surface area contributed by atoms with Gasteiger partial charge in [-0.1, -0.05) is 36.6 Å². The topological polar surface area (TPSA) is 40.5 Å². The summed E-state index contributed by atoms with van der Waals surface area (Å²) < 4.78 is 0. The van der Waals surface area contributed by atoms with Gasteiger partial charge in [0.1, 0.15) is 0 Å². The monoisotopic (exact) mass is 267 g/mol. The lowest BCUT2D eigenvalue weighted by molar-refractivity contribution is 0.0157. The molecule has 1 aromatic rings. The first kappa shape index (κ1) is 13.4. The predicted molar refractivity (Wildman–Crippen MR) is 71.8 cm³/mol. The summed E-state index contributed by atoms with van der Waals surface area (Å²) in [5.74, 6) is -0.138. The standard InChI is InChI=1S/C14H18ClNO2/c1-16(10-14(18)8-4-5-9-14)13(17)11-6-2-3-7-12(11)15/h2-3,6-7,18H,4-5,8-10H2,1H3. The number of nitrogens with zero attached hydrogens (tertiary/aromatic N) is 1. The van der Waals surface area contributed by atoms with E-state index < -0.39 is 5.60 Å². The van der Waals surface area contributed by atoms with E-state index in [2.05, 4.69) is 0 Å². The molecular weight excluding hydrogens is 250 g/mol. The molecule has 1 amide bonds. The zero-order valence-electron chi connectivity index (χ0n) is 10.5. The molecule has 1 fully saturated rings. The molecule has 0 heterocycles. The Kier molecular flexibility index (Phi) is 3.93. The maximum atomic E-state index is 12.2. The second kappa shape index (κ2) is 5.29. The largest absolute Gasteiger partial charge is 0.388 e. The van der Waals surface area contributed by atoms with Crippen LogP contribution in [0.25, 0.3) is 0 Å². The van der Waals surface area contributed by atoms with Crippen LogP contribution < -0.4 is 0 Å². The van der Waals surface area contributed by atoms with Crippen molar-refractivity contribution in [2.75, 3.05) is 13.6 Å². The zero-order chi connectivity index (χ0) is 13.2. The third-order valence-corrected chi connectivity index (χ3v) is 3.85. The van der Waals surface area contributed by atoms with E-state index >= 15 is 0 Å². The fourth-order valence-electron chi connectivity index (χ4n) is 2.54. The number of likely N-dealkylation sites (N-methyl/N-ethyl adjacent to an activating group) is 1. The first-order valence-electron chi connectivity index (χ1n) is 6.24. The Labute approximate surface area is 112 Å². The highest BCUT2D eigenvalue weighted by Gasteiger charge is 2.33. The van der Waals surface area contributed by atoms with Gasteiger partial charge in [0.2, 0.25) is 0 Å². The third-order valence-electron chi connectivity index (χ3n) is 3.52. The van der Waals surface area contributed by atoms with Crippen LogP contribution in [0.15, 0.2) is 24.3 Å². The van der Waals surface area contributed by atoms with Crippen molar-refractivity contribution >= 4 is 17.5 Å². The lowest BCUT2D eigenvalue weighted by Crippen LogP contribution is -2.42. The van der Waals surface area contributed by atoms with Crippen molar-refractivity contribution in [2.45, 2.75) is 31.3 Å². The van der Waals surface area contributed by atoms with Gasteiger partial charge in [-0.15, -0.1) is 0 Å². The number of amides is 1. The first-order chi connectivity index (χ1) is 8.52. The molecule has 0 spiro atoms. The Bertz CT molecular complexity index is 441. The molecule has 1 aliphatic rings. The highest BCUT2D eigenvalue weighted by atomic mass is 35.5. The van der Waals surface area contributed by atoms with Gasteiger partial charge in [0, 0.05) is 13.6 Å². The highest BCUT2D eigenvalue weighted by Crippen LogP contribution is 2.30. The van der Waals surface area contributed by atoms with Gasteiger partial charge in [-0.2, -0.15) is 0 Å². The summed E-state index contributed by atoms with van der Waals surface area (Å²) in [6.07, 6.45) is 3.61. The Morgan fingerprint density at radius 3 is 2.61 bits per heavy atom. The predicted octanol–water partition coefficient (Wildman–Crippen LogP) is 2.72. The van der Waals surface area contributed by atoms with Crippen LogP contribution >= 0.6 is 11.6 Å². The molecule has 0 aliphatic heterocycles. The van der Waals surface area contributed by atoms with E-state index in [1.807, 2.05) is 0 Å². The van der Waals surface area contributed by atoms with E-state index in [1.165, 1.54) is 0 Å². The highest BCUT2D eigenvalue weighted by molar-refractivity contribution is 6.33. The minimum absolute atomic E-state index is 0.138. The third kappa shape index (κ3) is 2.85. The van der Waals surface area contributed by atoms with E-state index in [0.29, 0.717) is 17.1 Å². The molecule has 1 aliphatic carbocycles. The molecule has 3 nitrogen and oxygen atoms in total. The Hall–Kier alpha value is -1.06. The number of hydrogen-bond acceptors (Lipinski definition) is 2. The van der Waals surface area contributed by atoms with Crippen LogP contribution in [0.3, 0.4) is 0 Å².